The van der Waals surface area contributed by atoms with Crippen LogP contribution in [0, 0.1) is 0 Å². The van der Waals surface area contributed by atoms with Gasteiger partial charge in [-0.2, -0.15) is 0 Å². The number of carbonyl (C=O) groups is 2. The van der Waals surface area contributed by atoms with E-state index in [1.807, 2.05) is 13.8 Å². The summed E-state index contributed by atoms with van der Waals surface area (Å²) in [6.45, 7) is 3.83. The van der Waals surface area contributed by atoms with Crippen LogP contribution in [0.5, 0.6) is 0 Å². The van der Waals surface area contributed by atoms with Crippen LogP contribution in [0.4, 0.5) is 0 Å². The molecule has 1 heterocycles. The molecule has 5 nitrogen and oxygen atoms in total. The van der Waals surface area contributed by atoms with Gasteiger partial charge in [-0.05, 0) is 20.3 Å². The third-order valence-corrected chi connectivity index (χ3v) is 2.27. The minimum Gasteiger partial charge on any atom is -0.396 e. The van der Waals surface area contributed by atoms with Gasteiger partial charge in [-0.3, -0.25) is 14.9 Å². The summed E-state index contributed by atoms with van der Waals surface area (Å²) < 4.78 is 0. The van der Waals surface area contributed by atoms with Crippen molar-refractivity contribution in [3.8, 4) is 0 Å². The van der Waals surface area contributed by atoms with Crippen molar-refractivity contribution in [3.05, 3.63) is 0 Å². The number of rotatable bonds is 4. The summed E-state index contributed by atoms with van der Waals surface area (Å²) in [6, 6.07) is -0.455. The Balaban J connectivity index is 2.51. The summed E-state index contributed by atoms with van der Waals surface area (Å²) in [5, 5.41) is 14.1. The van der Waals surface area contributed by atoms with Crippen LogP contribution < -0.4 is 10.6 Å². The Hall–Kier alpha value is -0.940. The Kier molecular flexibility index (Phi) is 3.23. The molecule has 0 aromatic heterocycles. The number of amides is 2. The Morgan fingerprint density at radius 2 is 2.21 bits per heavy atom. The van der Waals surface area contributed by atoms with Gasteiger partial charge in [0.15, 0.2) is 0 Å². The maximum atomic E-state index is 11.2. The van der Waals surface area contributed by atoms with E-state index in [0.717, 1.165) is 0 Å². The third kappa shape index (κ3) is 2.78. The molecule has 0 aromatic rings. The minimum atomic E-state index is -0.455. The normalized spacial score (nSPS) is 22.6. The zero-order valence-corrected chi connectivity index (χ0v) is 8.46. The molecule has 5 heteroatoms. The molecule has 0 radical (unpaired) electrons. The van der Waals surface area contributed by atoms with Crippen LogP contribution in [-0.4, -0.2) is 35.1 Å². The molecule has 1 fully saturated rings. The van der Waals surface area contributed by atoms with E-state index in [1.165, 1.54) is 0 Å². The Labute approximate surface area is 82.9 Å². The molecular weight excluding hydrogens is 184 g/mol. The molecular formula is C9H16N2O3. The lowest BCUT2D eigenvalue weighted by Crippen LogP contribution is -2.49. The summed E-state index contributed by atoms with van der Waals surface area (Å²) >= 11 is 0. The van der Waals surface area contributed by atoms with Crippen LogP contribution in [0.25, 0.3) is 0 Å². The van der Waals surface area contributed by atoms with Gasteiger partial charge in [0.1, 0.15) is 0 Å². The molecule has 1 atom stereocenters. The van der Waals surface area contributed by atoms with Gasteiger partial charge in [-0.15, -0.1) is 0 Å². The Bertz CT molecular complexity index is 250. The maximum absolute atomic E-state index is 11.2. The maximum Gasteiger partial charge on any atom is 0.244 e. The lowest BCUT2D eigenvalue weighted by Gasteiger charge is -2.27. The van der Waals surface area contributed by atoms with Gasteiger partial charge in [0.05, 0.1) is 12.5 Å². The second-order valence-electron chi connectivity index (χ2n) is 4.17. The van der Waals surface area contributed by atoms with Crippen molar-refractivity contribution in [1.82, 2.24) is 10.6 Å². The van der Waals surface area contributed by atoms with Crippen molar-refractivity contribution in [1.29, 1.82) is 0 Å². The molecule has 0 aromatic carbocycles. The lowest BCUT2D eigenvalue weighted by molar-refractivity contribution is -0.125. The summed E-state index contributed by atoms with van der Waals surface area (Å²) in [5.41, 5.74) is -0.332. The summed E-state index contributed by atoms with van der Waals surface area (Å²) in [6.07, 6.45) is 0.735. The van der Waals surface area contributed by atoms with Crippen molar-refractivity contribution in [2.24, 2.45) is 0 Å². The highest BCUT2D eigenvalue weighted by molar-refractivity contribution is 6.05. The van der Waals surface area contributed by atoms with E-state index in [2.05, 4.69) is 10.6 Å². The average molecular weight is 200 g/mol. The topological polar surface area (TPSA) is 78.4 Å². The lowest BCUT2D eigenvalue weighted by atomic mass is 9.99. The molecule has 80 valence electrons. The molecule has 1 saturated heterocycles. The minimum absolute atomic E-state index is 0.0578. The van der Waals surface area contributed by atoms with E-state index in [9.17, 15) is 9.59 Å². The van der Waals surface area contributed by atoms with E-state index in [4.69, 9.17) is 5.11 Å². The zero-order chi connectivity index (χ0) is 10.8. The fraction of sp³-hybridized carbons (Fsp3) is 0.778. The van der Waals surface area contributed by atoms with Gasteiger partial charge in [0.2, 0.25) is 11.8 Å². The predicted octanol–water partition coefficient (Wildman–Crippen LogP) is -0.848. The zero-order valence-electron chi connectivity index (χ0n) is 8.46. The standard InChI is InChI=1S/C9H16N2O3/c1-9(2,3-4-12)11-6-5-7(13)10-8(6)14/h6,11-12H,3-5H2,1-2H3,(H,10,13,14). The number of hydrogen-bond donors (Lipinski definition) is 3. The molecule has 0 saturated carbocycles. The molecule has 0 aliphatic carbocycles. The van der Waals surface area contributed by atoms with Crippen molar-refractivity contribution >= 4 is 11.8 Å². The second kappa shape index (κ2) is 4.06. The fourth-order valence-electron chi connectivity index (χ4n) is 1.49. The van der Waals surface area contributed by atoms with Crippen LogP contribution in [-0.2, 0) is 9.59 Å². The number of nitrogens with one attached hydrogen (secondary N) is 2. The first-order valence-electron chi connectivity index (χ1n) is 4.67. The number of aliphatic hydroxyl groups is 1. The van der Waals surface area contributed by atoms with Gasteiger partial charge in [-0.1, -0.05) is 0 Å². The van der Waals surface area contributed by atoms with E-state index in [-0.39, 0.29) is 30.4 Å². The van der Waals surface area contributed by atoms with Gasteiger partial charge in [0, 0.05) is 12.1 Å². The monoisotopic (exact) mass is 200 g/mol. The van der Waals surface area contributed by atoms with Gasteiger partial charge < -0.3 is 10.4 Å². The molecule has 1 rings (SSSR count). The Morgan fingerprint density at radius 1 is 1.57 bits per heavy atom. The fourth-order valence-corrected chi connectivity index (χ4v) is 1.49. The average Bonchev–Trinajstić information content (AvgIpc) is 2.28. The molecule has 1 aliphatic heterocycles. The first kappa shape index (κ1) is 11.1. The highest BCUT2D eigenvalue weighted by atomic mass is 16.3. The quantitative estimate of drug-likeness (QED) is 0.517. The number of aliphatic hydroxyl groups excluding tert-OH is 1. The first-order valence-corrected chi connectivity index (χ1v) is 4.67. The third-order valence-electron chi connectivity index (χ3n) is 2.27. The van der Waals surface area contributed by atoms with E-state index in [0.29, 0.717) is 6.42 Å². The van der Waals surface area contributed by atoms with Crippen LogP contribution in [0.15, 0.2) is 0 Å². The van der Waals surface area contributed by atoms with Crippen LogP contribution in [0.1, 0.15) is 26.7 Å². The Morgan fingerprint density at radius 3 is 2.64 bits per heavy atom. The molecule has 0 bridgehead atoms. The van der Waals surface area contributed by atoms with Crippen molar-refractivity contribution in [2.45, 2.75) is 38.3 Å². The highest BCUT2D eigenvalue weighted by Gasteiger charge is 2.34. The molecule has 0 spiro atoms. The summed E-state index contributed by atoms with van der Waals surface area (Å²) in [5.74, 6) is -0.520. The van der Waals surface area contributed by atoms with Gasteiger partial charge in [0.25, 0.3) is 0 Å². The van der Waals surface area contributed by atoms with Crippen molar-refractivity contribution in [3.63, 3.8) is 0 Å². The molecule has 14 heavy (non-hydrogen) atoms. The van der Waals surface area contributed by atoms with Crippen LogP contribution in [0.2, 0.25) is 0 Å². The molecule has 1 aliphatic rings. The SMILES string of the molecule is CC(C)(CCO)NC1CC(=O)NC1=O. The van der Waals surface area contributed by atoms with Gasteiger partial charge >= 0.3 is 0 Å². The smallest absolute Gasteiger partial charge is 0.244 e. The van der Waals surface area contributed by atoms with Crippen LogP contribution >= 0.6 is 0 Å². The second-order valence-corrected chi connectivity index (χ2v) is 4.17. The van der Waals surface area contributed by atoms with Crippen molar-refractivity contribution < 1.29 is 14.7 Å². The largest absolute Gasteiger partial charge is 0.396 e. The molecule has 2 amide bonds. The number of imide groups is 1. The van der Waals surface area contributed by atoms with E-state index < -0.39 is 6.04 Å². The van der Waals surface area contributed by atoms with Crippen molar-refractivity contribution in [2.75, 3.05) is 6.61 Å². The predicted molar refractivity (Wildman–Crippen MR) is 50.5 cm³/mol. The molecule has 1 unspecified atom stereocenters. The highest BCUT2D eigenvalue weighted by Crippen LogP contribution is 2.12. The molecule has 3 N–H and O–H groups in total. The first-order chi connectivity index (χ1) is 6.44. The number of hydrogen-bond acceptors (Lipinski definition) is 4. The van der Waals surface area contributed by atoms with Crippen LogP contribution in [0.3, 0.4) is 0 Å². The van der Waals surface area contributed by atoms with Gasteiger partial charge in [-0.25, -0.2) is 0 Å². The number of carbonyl (C=O) groups excluding carboxylic acids is 2. The summed E-state index contributed by atoms with van der Waals surface area (Å²) in [7, 11) is 0. The van der Waals surface area contributed by atoms with E-state index in [1.54, 1.807) is 0 Å². The van der Waals surface area contributed by atoms with E-state index >= 15 is 0 Å². The summed E-state index contributed by atoms with van der Waals surface area (Å²) in [4.78, 5) is 22.1.